The number of aromatic amines is 1. The minimum atomic E-state index is -5.39. The number of fused-ring (bicyclic) bond motifs is 1. The average molecular weight is 616 g/mol. The minimum absolute atomic E-state index is 0.0237. The van der Waals surface area contributed by atoms with Gasteiger partial charge in [0.15, 0.2) is 0 Å². The van der Waals surface area contributed by atoms with E-state index in [1.54, 1.807) is 27.7 Å². The van der Waals surface area contributed by atoms with Crippen LogP contribution in [-0.2, 0) is 9.26 Å². The Hall–Kier alpha value is -1.99. The van der Waals surface area contributed by atoms with Crippen molar-refractivity contribution >= 4 is 32.6 Å². The van der Waals surface area contributed by atoms with E-state index in [9.17, 15) is 30.1 Å². The van der Waals surface area contributed by atoms with Crippen LogP contribution in [0.15, 0.2) is 11.1 Å². The zero-order valence-electron chi connectivity index (χ0n) is 25.4. The summed E-state index contributed by atoms with van der Waals surface area (Å²) in [7, 11) is -8.22. The fourth-order valence-electron chi connectivity index (χ4n) is 5.86. The zero-order valence-corrected chi connectivity index (χ0v) is 27.3. The molecule has 41 heavy (non-hydrogen) atoms. The summed E-state index contributed by atoms with van der Waals surface area (Å²) >= 11 is 0. The summed E-state index contributed by atoms with van der Waals surface area (Å²) in [4.78, 5) is 46.9. The fourth-order valence-corrected chi connectivity index (χ4v) is 12.1. The molecule has 1 fully saturated rings. The third-order valence-electron chi connectivity index (χ3n) is 8.70. The fraction of sp³-hybridized carbons (Fsp3) is 0.760. The molecule has 0 amide bonds. The number of aliphatic hydroxyl groups excluding tert-OH is 1. The number of H-pyrrole nitrogens is 1. The van der Waals surface area contributed by atoms with Gasteiger partial charge in [-0.3, -0.25) is 0 Å². The van der Waals surface area contributed by atoms with E-state index in [0.717, 1.165) is 0 Å². The third kappa shape index (κ3) is 5.82. The number of ether oxygens (including phenoxy) is 1. The number of hydrogen-bond donors (Lipinski definition) is 6. The Kier molecular flexibility index (Phi) is 8.93. The van der Waals surface area contributed by atoms with Crippen LogP contribution in [-0.4, -0.2) is 88.1 Å². The zero-order chi connectivity index (χ0) is 31.4. The molecule has 0 bridgehead atoms. The number of nitrogen functional groups attached to an aromatic ring is 1. The summed E-state index contributed by atoms with van der Waals surface area (Å²) in [5.74, 6) is -0.125. The quantitative estimate of drug-likeness (QED) is 0.129. The number of hydrogen-bond acceptors (Lipinski definition) is 12. The normalized spacial score (nSPS) is 24.2. The molecule has 0 aliphatic carbocycles. The number of nitrogens with zero attached hydrogens (tertiary/aromatic N) is 5. The number of anilines is 1. The molecule has 232 valence electrons. The molecule has 14 nitrogen and oxygen atoms in total. The number of nitrogens with two attached hydrogens (primary N) is 1. The van der Waals surface area contributed by atoms with Crippen LogP contribution in [0, 0.1) is 11.3 Å². The third-order valence-corrected chi connectivity index (χ3v) is 18.6. The summed E-state index contributed by atoms with van der Waals surface area (Å²) in [5, 5.41) is 31.4. The van der Waals surface area contributed by atoms with Crippen molar-refractivity contribution in [2.75, 3.05) is 11.9 Å². The molecule has 0 spiro atoms. The van der Waals surface area contributed by atoms with Crippen molar-refractivity contribution in [1.82, 2.24) is 24.2 Å². The van der Waals surface area contributed by atoms with Gasteiger partial charge in [0, 0.05) is 0 Å². The second-order valence-electron chi connectivity index (χ2n) is 13.1. The van der Waals surface area contributed by atoms with Crippen molar-refractivity contribution in [2.45, 2.75) is 115 Å². The Labute approximate surface area is 241 Å². The molecule has 0 aromatic carbocycles. The molecular formula is C25H46N7O7PSi. The van der Waals surface area contributed by atoms with Crippen LogP contribution in [0.4, 0.5) is 5.95 Å². The standard InChI is InChI=1S/C25H46N7O7PSi/c1-15(2)32(16(3)4)40(36,37,12-10-11-26)39-22(34)19-25(35,41(8,9)24(5,6)7)13-17(38-19)31-14-28-18-20(31)29-23(27)30-21(18)33/h14-17,19,22,34-37H,10,12-13H2,1-9H3,(H3,27,29,30,33)/t17-,19-,22?,25-/m1/s1. The topological polar surface area (TPSA) is 216 Å². The average Bonchev–Trinajstić information content (AvgIpc) is 3.38. The molecule has 1 saturated heterocycles. The van der Waals surface area contributed by atoms with Crippen molar-refractivity contribution < 1.29 is 29.3 Å². The van der Waals surface area contributed by atoms with E-state index >= 15 is 0 Å². The van der Waals surface area contributed by atoms with Crippen LogP contribution in [0.3, 0.4) is 0 Å². The summed E-state index contributed by atoms with van der Waals surface area (Å²) in [5.41, 5.74) is 5.39. The van der Waals surface area contributed by atoms with E-state index in [2.05, 4.69) is 15.0 Å². The monoisotopic (exact) mass is 615 g/mol. The van der Waals surface area contributed by atoms with Gasteiger partial charge in [0.2, 0.25) is 0 Å². The number of nitrogens with one attached hydrogen (secondary N) is 1. The molecule has 4 atom stereocenters. The van der Waals surface area contributed by atoms with E-state index in [0.29, 0.717) is 0 Å². The molecule has 1 aliphatic rings. The second kappa shape index (κ2) is 10.9. The molecule has 2 aromatic heterocycles. The van der Waals surface area contributed by atoms with Crippen molar-refractivity contribution in [2.24, 2.45) is 0 Å². The van der Waals surface area contributed by atoms with Gasteiger partial charge in [0.05, 0.1) is 0 Å². The number of nitriles is 1. The van der Waals surface area contributed by atoms with Crippen LogP contribution in [0.1, 0.15) is 67.5 Å². The Morgan fingerprint density at radius 1 is 1.34 bits per heavy atom. The van der Waals surface area contributed by atoms with Crippen LogP contribution in [0.25, 0.3) is 11.2 Å². The Morgan fingerprint density at radius 2 is 1.93 bits per heavy atom. The summed E-state index contributed by atoms with van der Waals surface area (Å²) in [6.07, 6.45) is -3.75. The predicted molar refractivity (Wildman–Crippen MR) is 159 cm³/mol. The molecule has 1 unspecified atom stereocenters. The van der Waals surface area contributed by atoms with Crippen LogP contribution < -0.4 is 11.3 Å². The van der Waals surface area contributed by atoms with E-state index in [1.807, 2.05) is 39.9 Å². The second-order valence-corrected chi connectivity index (χ2v) is 21.9. The summed E-state index contributed by atoms with van der Waals surface area (Å²) in [6, 6.07) is 1.09. The maximum atomic E-state index is 12.5. The summed E-state index contributed by atoms with van der Waals surface area (Å²) in [6.45, 7) is 16.9. The number of rotatable bonds is 10. The molecule has 0 saturated carbocycles. The molecular weight excluding hydrogens is 569 g/mol. The van der Waals surface area contributed by atoms with Crippen molar-refractivity contribution in [3.05, 3.63) is 16.7 Å². The SMILES string of the molecule is CC(C)N(C(C)C)P(O)(O)(CCC#N)OC(O)[C@H]1O[C@@H](n2cnc3c(=O)[nH]c(N)nc32)C[C@@]1(O)[Si](C)(C)C(C)(C)C. The first-order chi connectivity index (χ1) is 18.6. The van der Waals surface area contributed by atoms with Gasteiger partial charge in [-0.1, -0.05) is 0 Å². The number of aromatic nitrogens is 4. The molecule has 7 N–H and O–H groups in total. The Bertz CT molecular complexity index is 1360. The van der Waals surface area contributed by atoms with Crippen LogP contribution in [0.5, 0.6) is 0 Å². The van der Waals surface area contributed by atoms with Crippen molar-refractivity contribution in [3.8, 4) is 6.07 Å². The Morgan fingerprint density at radius 3 is 2.44 bits per heavy atom. The van der Waals surface area contributed by atoms with Gasteiger partial charge < -0.3 is 0 Å². The van der Waals surface area contributed by atoms with Gasteiger partial charge in [-0.25, -0.2) is 0 Å². The molecule has 2 aromatic rings. The van der Waals surface area contributed by atoms with Crippen molar-refractivity contribution in [1.29, 1.82) is 5.26 Å². The van der Waals surface area contributed by atoms with E-state index in [-0.39, 0.29) is 30.0 Å². The van der Waals surface area contributed by atoms with E-state index < -0.39 is 68.2 Å². The number of aliphatic hydroxyl groups is 2. The predicted octanol–water partition coefficient (Wildman–Crippen LogP) is 2.33. The first-order valence-corrected chi connectivity index (χ1v) is 18.9. The first kappa shape index (κ1) is 33.5. The maximum absolute atomic E-state index is 12.5. The van der Waals surface area contributed by atoms with Crippen LogP contribution in [0.2, 0.25) is 18.1 Å². The van der Waals surface area contributed by atoms with Gasteiger partial charge >= 0.3 is 241 Å². The molecule has 16 heteroatoms. The molecule has 1 aliphatic heterocycles. The molecule has 0 radical (unpaired) electrons. The molecule has 3 heterocycles. The van der Waals surface area contributed by atoms with E-state index in [1.165, 1.54) is 15.6 Å². The van der Waals surface area contributed by atoms with Gasteiger partial charge in [-0.2, -0.15) is 0 Å². The first-order valence-electron chi connectivity index (χ1n) is 13.7. The Balaban J connectivity index is 2.16. The van der Waals surface area contributed by atoms with Gasteiger partial charge in [-0.05, 0) is 0 Å². The number of imidazole rings is 1. The van der Waals surface area contributed by atoms with Gasteiger partial charge in [0.25, 0.3) is 0 Å². The van der Waals surface area contributed by atoms with Crippen molar-refractivity contribution in [3.63, 3.8) is 0 Å². The van der Waals surface area contributed by atoms with Gasteiger partial charge in [-0.15, -0.1) is 0 Å². The van der Waals surface area contributed by atoms with Gasteiger partial charge in [0.1, 0.15) is 0 Å². The summed E-state index contributed by atoms with van der Waals surface area (Å²) < 4.78 is 15.0. The molecule has 3 rings (SSSR count). The van der Waals surface area contributed by atoms with Crippen LogP contribution >= 0.6 is 7.43 Å². The van der Waals surface area contributed by atoms with E-state index in [4.69, 9.17) is 15.0 Å².